The number of hydrogen-bond acceptors (Lipinski definition) is 5. The third-order valence-electron chi connectivity index (χ3n) is 3.46. The number of carbonyl (C=O) groups excluding carboxylic acids is 1. The zero-order valence-corrected chi connectivity index (χ0v) is 14.9. The molecule has 2 aromatic rings. The van der Waals surface area contributed by atoms with E-state index in [4.69, 9.17) is 9.47 Å². The molecule has 0 aromatic carbocycles. The van der Waals surface area contributed by atoms with Crippen molar-refractivity contribution in [1.82, 2.24) is 19.3 Å². The van der Waals surface area contributed by atoms with Gasteiger partial charge in [-0.2, -0.15) is 0 Å². The van der Waals surface area contributed by atoms with Crippen LogP contribution in [0, 0.1) is 0 Å². The van der Waals surface area contributed by atoms with Gasteiger partial charge in [-0.25, -0.2) is 9.78 Å². The van der Waals surface area contributed by atoms with Gasteiger partial charge in [0.05, 0.1) is 30.6 Å². The highest BCUT2D eigenvalue weighted by Gasteiger charge is 2.31. The summed E-state index contributed by atoms with van der Waals surface area (Å²) in [5, 5.41) is 0. The fourth-order valence-electron chi connectivity index (χ4n) is 2.47. The fourth-order valence-corrected chi connectivity index (χ4v) is 2.97. The average molecular weight is 383 g/mol. The van der Waals surface area contributed by atoms with Crippen LogP contribution in [0.4, 0.5) is 4.79 Å². The Hall–Kier alpha value is -1.67. The number of fused-ring (bicyclic) bond motifs is 1. The number of aromatic nitrogens is 3. The lowest BCUT2D eigenvalue weighted by Gasteiger charge is -2.33. The van der Waals surface area contributed by atoms with E-state index in [1.807, 2.05) is 31.4 Å². The van der Waals surface area contributed by atoms with E-state index in [-0.39, 0.29) is 12.2 Å². The van der Waals surface area contributed by atoms with E-state index >= 15 is 0 Å². The quantitative estimate of drug-likeness (QED) is 0.758. The van der Waals surface area contributed by atoms with Crippen molar-refractivity contribution in [2.24, 2.45) is 0 Å². The molecular weight excluding hydrogens is 364 g/mol. The number of hydrogen-bond donors (Lipinski definition) is 0. The molecule has 23 heavy (non-hydrogen) atoms. The number of nitrogens with zero attached hydrogens (tertiary/aromatic N) is 4. The molecule has 0 spiro atoms. The molecule has 0 aliphatic carbocycles. The fraction of sp³-hybridized carbons (Fsp3) is 0.533. The summed E-state index contributed by atoms with van der Waals surface area (Å²) in [6.07, 6.45) is 4.62. The molecule has 3 heterocycles. The minimum absolute atomic E-state index is 0.304. The molecule has 2 aromatic heterocycles. The maximum atomic E-state index is 12.3. The Balaban J connectivity index is 1.82. The highest BCUT2D eigenvalue weighted by Crippen LogP contribution is 2.28. The molecule has 124 valence electrons. The van der Waals surface area contributed by atoms with Gasteiger partial charge in [-0.1, -0.05) is 0 Å². The van der Waals surface area contributed by atoms with Gasteiger partial charge in [-0.05, 0) is 36.7 Å². The van der Waals surface area contributed by atoms with Gasteiger partial charge in [0, 0.05) is 18.9 Å². The van der Waals surface area contributed by atoms with Crippen molar-refractivity contribution in [2.45, 2.75) is 32.5 Å². The maximum Gasteiger partial charge on any atom is 0.410 e. The smallest absolute Gasteiger partial charge is 0.410 e. The van der Waals surface area contributed by atoms with Crippen LogP contribution in [0.5, 0.6) is 0 Å². The predicted octanol–water partition coefficient (Wildman–Crippen LogP) is 2.80. The third kappa shape index (κ3) is 3.48. The summed E-state index contributed by atoms with van der Waals surface area (Å²) in [6, 6.07) is 0. The largest absolute Gasteiger partial charge is 0.444 e. The molecule has 1 fully saturated rings. The van der Waals surface area contributed by atoms with Crippen molar-refractivity contribution in [3.63, 3.8) is 0 Å². The first-order chi connectivity index (χ1) is 10.8. The molecule has 0 N–H and O–H groups in total. The second-order valence-corrected chi connectivity index (χ2v) is 7.09. The van der Waals surface area contributed by atoms with Gasteiger partial charge < -0.3 is 14.4 Å². The first kappa shape index (κ1) is 16.2. The summed E-state index contributed by atoms with van der Waals surface area (Å²) >= 11 is 3.43. The lowest BCUT2D eigenvalue weighted by atomic mass is 10.2. The van der Waals surface area contributed by atoms with Crippen LogP contribution in [0.25, 0.3) is 5.52 Å². The van der Waals surface area contributed by atoms with Gasteiger partial charge in [-0.15, -0.1) is 0 Å². The van der Waals surface area contributed by atoms with E-state index < -0.39 is 5.60 Å². The van der Waals surface area contributed by atoms with Crippen molar-refractivity contribution in [3.8, 4) is 0 Å². The van der Waals surface area contributed by atoms with Gasteiger partial charge >= 0.3 is 6.09 Å². The topological polar surface area (TPSA) is 69.0 Å². The van der Waals surface area contributed by atoms with Crippen molar-refractivity contribution < 1.29 is 14.3 Å². The Labute approximate surface area is 142 Å². The number of imidazole rings is 1. The zero-order chi connectivity index (χ0) is 16.6. The molecular formula is C15H19BrN4O3. The lowest BCUT2D eigenvalue weighted by molar-refractivity contribution is -0.0441. The zero-order valence-electron chi connectivity index (χ0n) is 13.3. The number of amides is 1. The van der Waals surface area contributed by atoms with E-state index in [0.29, 0.717) is 24.4 Å². The summed E-state index contributed by atoms with van der Waals surface area (Å²) in [5.41, 5.74) is 1.10. The van der Waals surface area contributed by atoms with Crippen molar-refractivity contribution in [1.29, 1.82) is 0 Å². The van der Waals surface area contributed by atoms with Crippen LogP contribution in [-0.4, -0.2) is 50.7 Å². The molecule has 0 radical (unpaired) electrons. The van der Waals surface area contributed by atoms with E-state index in [0.717, 1.165) is 11.2 Å². The molecule has 1 saturated heterocycles. The van der Waals surface area contributed by atoms with Gasteiger partial charge in [0.2, 0.25) is 0 Å². The number of halogens is 1. The molecule has 0 bridgehead atoms. The Morgan fingerprint density at radius 3 is 3.00 bits per heavy atom. The van der Waals surface area contributed by atoms with Crippen molar-refractivity contribution in [3.05, 3.63) is 29.0 Å². The molecule has 1 aliphatic rings. The first-order valence-corrected chi connectivity index (χ1v) is 8.21. The van der Waals surface area contributed by atoms with Gasteiger partial charge in [0.15, 0.2) is 4.73 Å². The number of carbonyl (C=O) groups is 1. The summed E-state index contributed by atoms with van der Waals surface area (Å²) in [5.74, 6) is 0. The molecule has 1 amide bonds. The van der Waals surface area contributed by atoms with Crippen LogP contribution in [0.2, 0.25) is 0 Å². The summed E-state index contributed by atoms with van der Waals surface area (Å²) in [4.78, 5) is 22.6. The van der Waals surface area contributed by atoms with Gasteiger partial charge in [-0.3, -0.25) is 9.38 Å². The average Bonchev–Trinajstić information content (AvgIpc) is 2.83. The Kier molecular flexibility index (Phi) is 4.29. The molecule has 1 atom stereocenters. The van der Waals surface area contributed by atoms with Gasteiger partial charge in [0.1, 0.15) is 11.7 Å². The van der Waals surface area contributed by atoms with Crippen LogP contribution in [0.15, 0.2) is 23.3 Å². The summed E-state index contributed by atoms with van der Waals surface area (Å²) in [6.45, 7) is 6.93. The second kappa shape index (κ2) is 6.09. The van der Waals surface area contributed by atoms with Crippen LogP contribution in [0.1, 0.15) is 32.6 Å². The molecule has 7 nitrogen and oxygen atoms in total. The van der Waals surface area contributed by atoms with Crippen molar-refractivity contribution in [2.75, 3.05) is 19.7 Å². The van der Waals surface area contributed by atoms with Gasteiger partial charge in [0.25, 0.3) is 0 Å². The highest BCUT2D eigenvalue weighted by atomic mass is 79.9. The number of morpholine rings is 1. The monoisotopic (exact) mass is 382 g/mol. The SMILES string of the molecule is CC(C)(C)OC(=O)N1CCOC(c2nc(Br)n3ccncc23)C1. The minimum Gasteiger partial charge on any atom is -0.444 e. The van der Waals surface area contributed by atoms with Crippen LogP contribution >= 0.6 is 15.9 Å². The van der Waals surface area contributed by atoms with Crippen LogP contribution < -0.4 is 0 Å². The normalized spacial score (nSPS) is 19.1. The third-order valence-corrected chi connectivity index (χ3v) is 4.01. The highest BCUT2D eigenvalue weighted by molar-refractivity contribution is 9.10. The summed E-state index contributed by atoms with van der Waals surface area (Å²) < 4.78 is 13.8. The number of ether oxygens (including phenoxy) is 2. The van der Waals surface area contributed by atoms with Crippen LogP contribution in [-0.2, 0) is 9.47 Å². The van der Waals surface area contributed by atoms with E-state index in [1.165, 1.54) is 0 Å². The molecule has 3 rings (SSSR count). The Morgan fingerprint density at radius 1 is 1.48 bits per heavy atom. The standard InChI is InChI=1S/C15H19BrN4O3/c1-15(2,3)23-14(21)19-6-7-22-11(9-19)12-10-8-17-4-5-20(10)13(16)18-12/h4-5,8,11H,6-7,9H2,1-3H3. The molecule has 1 unspecified atom stereocenters. The first-order valence-electron chi connectivity index (χ1n) is 7.42. The van der Waals surface area contributed by atoms with E-state index in [1.54, 1.807) is 17.3 Å². The molecule has 0 saturated carbocycles. The summed E-state index contributed by atoms with van der Waals surface area (Å²) in [7, 11) is 0. The van der Waals surface area contributed by atoms with Crippen molar-refractivity contribution >= 4 is 27.5 Å². The van der Waals surface area contributed by atoms with E-state index in [2.05, 4.69) is 25.9 Å². The Bertz CT molecular complexity index is 725. The minimum atomic E-state index is -0.515. The Morgan fingerprint density at radius 2 is 2.26 bits per heavy atom. The number of rotatable bonds is 1. The molecule has 1 aliphatic heterocycles. The molecule has 8 heteroatoms. The van der Waals surface area contributed by atoms with E-state index in [9.17, 15) is 4.79 Å². The lowest BCUT2D eigenvalue weighted by Crippen LogP contribution is -2.44. The maximum absolute atomic E-state index is 12.3. The van der Waals surface area contributed by atoms with Crippen LogP contribution in [0.3, 0.4) is 0 Å². The predicted molar refractivity (Wildman–Crippen MR) is 87.2 cm³/mol. The second-order valence-electron chi connectivity index (χ2n) is 6.38.